The number of amides is 1. The molecule has 0 saturated carbocycles. The maximum Gasteiger partial charge on any atom is 0.274 e. The first-order chi connectivity index (χ1) is 9.78. The molecule has 6 heteroatoms. The van der Waals surface area contributed by atoms with Gasteiger partial charge >= 0.3 is 0 Å². The number of carbonyl (C=O) groups excluding carboxylic acids is 1. The molecular weight excluding hydrogens is 256 g/mol. The van der Waals surface area contributed by atoms with E-state index in [-0.39, 0.29) is 17.6 Å². The maximum atomic E-state index is 12.0. The number of nitrogens with zero attached hydrogens (tertiary/aromatic N) is 2. The highest BCUT2D eigenvalue weighted by Crippen LogP contribution is 2.18. The van der Waals surface area contributed by atoms with E-state index in [0.717, 1.165) is 23.3 Å². The molecule has 6 nitrogen and oxygen atoms in total. The zero-order valence-electron chi connectivity index (χ0n) is 11.0. The Kier molecular flexibility index (Phi) is 3.20. The molecule has 0 radical (unpaired) electrons. The normalized spacial score (nSPS) is 12.4. The Morgan fingerprint density at radius 2 is 2.25 bits per heavy atom. The largest absolute Gasteiger partial charge is 0.364 e. The molecule has 0 bridgehead atoms. The molecule has 102 valence electrons. The molecule has 1 atom stereocenters. The van der Waals surface area contributed by atoms with Gasteiger partial charge in [-0.25, -0.2) is 4.98 Å². The van der Waals surface area contributed by atoms with Gasteiger partial charge in [-0.15, -0.1) is 0 Å². The average Bonchev–Trinajstić information content (AvgIpc) is 3.12. The second-order valence-electron chi connectivity index (χ2n) is 4.46. The van der Waals surface area contributed by atoms with Crippen LogP contribution in [-0.4, -0.2) is 21.0 Å². The number of aromatic nitrogens is 3. The van der Waals surface area contributed by atoms with E-state index in [1.54, 1.807) is 0 Å². The van der Waals surface area contributed by atoms with Crippen LogP contribution < -0.4 is 5.32 Å². The fourth-order valence-electron chi connectivity index (χ4n) is 2.06. The predicted molar refractivity (Wildman–Crippen MR) is 73.1 cm³/mol. The molecular formula is C14H14N4O2. The molecule has 3 rings (SSSR count). The number of hydrogen-bond donors (Lipinski definition) is 2. The first-order valence-corrected chi connectivity index (χ1v) is 6.44. The summed E-state index contributed by atoms with van der Waals surface area (Å²) in [5.41, 5.74) is 2.10. The van der Waals surface area contributed by atoms with Crippen LogP contribution in [0.25, 0.3) is 11.0 Å². The molecule has 1 aromatic carbocycles. The fraction of sp³-hybridized carbons (Fsp3) is 0.214. The minimum absolute atomic E-state index is 0.188. The second-order valence-corrected chi connectivity index (χ2v) is 4.46. The number of nitrogens with one attached hydrogen (secondary N) is 2. The molecule has 20 heavy (non-hydrogen) atoms. The highest BCUT2D eigenvalue weighted by atomic mass is 16.5. The number of aromatic amines is 1. The van der Waals surface area contributed by atoms with Gasteiger partial charge in [0.25, 0.3) is 5.91 Å². The van der Waals surface area contributed by atoms with E-state index in [2.05, 4.69) is 25.0 Å². The van der Waals surface area contributed by atoms with Crippen LogP contribution in [0.1, 0.15) is 35.7 Å². The first kappa shape index (κ1) is 12.4. The lowest BCUT2D eigenvalue weighted by molar-refractivity contribution is 0.0924. The molecule has 0 aliphatic rings. The summed E-state index contributed by atoms with van der Waals surface area (Å²) in [6.07, 6.45) is 2.10. The van der Waals surface area contributed by atoms with Gasteiger partial charge in [-0.3, -0.25) is 4.79 Å². The molecule has 0 aliphatic carbocycles. The van der Waals surface area contributed by atoms with Crippen molar-refractivity contribution in [2.45, 2.75) is 19.4 Å². The molecule has 1 amide bonds. The lowest BCUT2D eigenvalue weighted by Gasteiger charge is -2.13. The van der Waals surface area contributed by atoms with Gasteiger partial charge < -0.3 is 14.8 Å². The number of benzene rings is 1. The third kappa shape index (κ3) is 2.27. The van der Waals surface area contributed by atoms with Crippen molar-refractivity contribution in [1.82, 2.24) is 20.4 Å². The van der Waals surface area contributed by atoms with Crippen molar-refractivity contribution in [3.8, 4) is 0 Å². The number of hydrogen-bond acceptors (Lipinski definition) is 4. The van der Waals surface area contributed by atoms with Crippen LogP contribution in [0.5, 0.6) is 0 Å². The van der Waals surface area contributed by atoms with Crippen molar-refractivity contribution in [2.75, 3.05) is 0 Å². The van der Waals surface area contributed by atoms with Gasteiger partial charge in [0.05, 0.1) is 17.1 Å². The zero-order chi connectivity index (χ0) is 13.9. The first-order valence-electron chi connectivity index (χ1n) is 6.44. The number of H-pyrrole nitrogens is 1. The topological polar surface area (TPSA) is 83.8 Å². The van der Waals surface area contributed by atoms with Crippen molar-refractivity contribution in [3.63, 3.8) is 0 Å². The molecule has 0 saturated heterocycles. The van der Waals surface area contributed by atoms with Crippen LogP contribution >= 0.6 is 0 Å². The van der Waals surface area contributed by atoms with Crippen molar-refractivity contribution in [2.24, 2.45) is 0 Å². The van der Waals surface area contributed by atoms with E-state index in [1.165, 1.54) is 12.3 Å². The van der Waals surface area contributed by atoms with E-state index >= 15 is 0 Å². The lowest BCUT2D eigenvalue weighted by Crippen LogP contribution is -2.29. The van der Waals surface area contributed by atoms with Gasteiger partial charge in [-0.05, 0) is 18.6 Å². The Labute approximate surface area is 115 Å². The fourth-order valence-corrected chi connectivity index (χ4v) is 2.06. The van der Waals surface area contributed by atoms with Gasteiger partial charge in [-0.1, -0.05) is 24.2 Å². The number of carbonyl (C=O) groups is 1. The van der Waals surface area contributed by atoms with E-state index < -0.39 is 0 Å². The van der Waals surface area contributed by atoms with Crippen LogP contribution in [0.4, 0.5) is 0 Å². The molecule has 2 heterocycles. The molecule has 0 unspecified atom stereocenters. The van der Waals surface area contributed by atoms with Gasteiger partial charge in [0, 0.05) is 6.07 Å². The summed E-state index contributed by atoms with van der Waals surface area (Å²) in [4.78, 5) is 19.7. The smallest absolute Gasteiger partial charge is 0.274 e. The van der Waals surface area contributed by atoms with Crippen LogP contribution in [0.2, 0.25) is 0 Å². The molecule has 3 aromatic rings. The minimum Gasteiger partial charge on any atom is -0.364 e. The number of fused-ring (bicyclic) bond motifs is 1. The van der Waals surface area contributed by atoms with Crippen LogP contribution in [0.3, 0.4) is 0 Å². The predicted octanol–water partition coefficient (Wildman–Crippen LogP) is 2.43. The number of rotatable bonds is 4. The molecule has 0 aliphatic heterocycles. The monoisotopic (exact) mass is 270 g/mol. The summed E-state index contributed by atoms with van der Waals surface area (Å²) < 4.78 is 4.67. The Balaban J connectivity index is 1.84. The van der Waals surface area contributed by atoms with Crippen LogP contribution in [-0.2, 0) is 0 Å². The minimum atomic E-state index is -0.272. The molecule has 0 fully saturated rings. The Hall–Kier alpha value is -2.63. The maximum absolute atomic E-state index is 12.0. The van der Waals surface area contributed by atoms with E-state index in [1.807, 2.05) is 31.2 Å². The Bertz CT molecular complexity index is 685. The summed E-state index contributed by atoms with van der Waals surface area (Å²) in [7, 11) is 0. The summed E-state index contributed by atoms with van der Waals surface area (Å²) in [6.45, 7) is 1.99. The number of para-hydroxylation sites is 2. The quantitative estimate of drug-likeness (QED) is 0.762. The van der Waals surface area contributed by atoms with Crippen molar-refractivity contribution in [3.05, 3.63) is 48.1 Å². The van der Waals surface area contributed by atoms with Crippen molar-refractivity contribution in [1.29, 1.82) is 0 Å². The SMILES string of the molecule is CC[C@@H](NC(=O)c1ccon1)c1nc2ccccc2[nH]1. The third-order valence-corrected chi connectivity index (χ3v) is 3.12. The third-order valence-electron chi connectivity index (χ3n) is 3.12. The summed E-state index contributed by atoms with van der Waals surface area (Å²) in [5.74, 6) is 0.469. The Morgan fingerprint density at radius 3 is 2.95 bits per heavy atom. The standard InChI is InChI=1S/C14H14N4O2/c1-2-9(17-14(19)12-7-8-20-18-12)13-15-10-5-3-4-6-11(10)16-13/h3-9H,2H2,1H3,(H,15,16)(H,17,19)/t9-/m1/s1. The number of imidazole rings is 1. The summed E-state index contributed by atoms with van der Waals surface area (Å²) >= 11 is 0. The van der Waals surface area contributed by atoms with Gasteiger partial charge in [0.2, 0.25) is 0 Å². The van der Waals surface area contributed by atoms with Gasteiger partial charge in [0.15, 0.2) is 5.69 Å². The zero-order valence-corrected chi connectivity index (χ0v) is 11.0. The Morgan fingerprint density at radius 1 is 1.40 bits per heavy atom. The van der Waals surface area contributed by atoms with Crippen molar-refractivity contribution < 1.29 is 9.32 Å². The van der Waals surface area contributed by atoms with E-state index in [0.29, 0.717) is 0 Å². The molecule has 0 spiro atoms. The highest BCUT2D eigenvalue weighted by Gasteiger charge is 2.18. The molecule has 2 N–H and O–H groups in total. The highest BCUT2D eigenvalue weighted by molar-refractivity contribution is 5.92. The van der Waals surface area contributed by atoms with Gasteiger partial charge in [0.1, 0.15) is 12.1 Å². The second kappa shape index (κ2) is 5.16. The van der Waals surface area contributed by atoms with E-state index in [4.69, 9.17) is 0 Å². The van der Waals surface area contributed by atoms with E-state index in [9.17, 15) is 4.79 Å². The summed E-state index contributed by atoms with van der Waals surface area (Å²) in [5, 5.41) is 6.51. The van der Waals surface area contributed by atoms with Crippen LogP contribution in [0, 0.1) is 0 Å². The van der Waals surface area contributed by atoms with Crippen LogP contribution in [0.15, 0.2) is 41.1 Å². The van der Waals surface area contributed by atoms with Crippen molar-refractivity contribution >= 4 is 16.9 Å². The molecule has 2 aromatic heterocycles. The lowest BCUT2D eigenvalue weighted by atomic mass is 10.2. The van der Waals surface area contributed by atoms with Gasteiger partial charge in [-0.2, -0.15) is 0 Å². The summed E-state index contributed by atoms with van der Waals surface area (Å²) in [6, 6.07) is 9.10. The average molecular weight is 270 g/mol.